The van der Waals surface area contributed by atoms with Gasteiger partial charge in [-0.05, 0) is 43.7 Å². The molecular weight excluding hydrogens is 492 g/mol. The fourth-order valence-corrected chi connectivity index (χ4v) is 5.06. The number of esters is 1. The Bertz CT molecular complexity index is 1140. The molecule has 1 atom stereocenters. The largest absolute Gasteiger partial charge is 0.497 e. The number of ether oxygens (including phenoxy) is 3. The van der Waals surface area contributed by atoms with E-state index in [9.17, 15) is 4.79 Å². The second-order valence-electron chi connectivity index (χ2n) is 7.12. The number of amidine groups is 1. The van der Waals surface area contributed by atoms with E-state index in [-0.39, 0.29) is 12.6 Å². The Hall–Kier alpha value is -2.71. The average Bonchev–Trinajstić information content (AvgIpc) is 3.21. The first kappa shape index (κ1) is 22.5. The maximum Gasteiger partial charge on any atom is 0.338 e. The van der Waals surface area contributed by atoms with Crippen LogP contribution in [0.5, 0.6) is 11.5 Å². The van der Waals surface area contributed by atoms with Gasteiger partial charge in [-0.1, -0.05) is 39.8 Å². The Balaban J connectivity index is 1.90. The summed E-state index contributed by atoms with van der Waals surface area (Å²) >= 11 is 5.03. The molecule has 0 N–H and O–H groups in total. The molecule has 2 aliphatic rings. The van der Waals surface area contributed by atoms with Crippen molar-refractivity contribution in [3.05, 3.63) is 74.7 Å². The number of methoxy groups -OCH3 is 2. The van der Waals surface area contributed by atoms with Crippen LogP contribution >= 0.6 is 27.7 Å². The molecule has 2 aromatic carbocycles. The van der Waals surface area contributed by atoms with Crippen LogP contribution in [-0.4, -0.2) is 36.9 Å². The molecule has 8 heteroatoms. The van der Waals surface area contributed by atoms with Gasteiger partial charge < -0.3 is 19.1 Å². The van der Waals surface area contributed by atoms with Gasteiger partial charge in [-0.15, -0.1) is 0 Å². The minimum Gasteiger partial charge on any atom is -0.497 e. The Labute approximate surface area is 200 Å². The van der Waals surface area contributed by atoms with E-state index in [1.807, 2.05) is 49.4 Å². The third-order valence-electron chi connectivity index (χ3n) is 5.30. The molecule has 0 amide bonds. The van der Waals surface area contributed by atoms with E-state index < -0.39 is 6.04 Å². The lowest BCUT2D eigenvalue weighted by Crippen LogP contribution is -2.36. The summed E-state index contributed by atoms with van der Waals surface area (Å²) in [7, 11) is 3.22. The zero-order valence-corrected chi connectivity index (χ0v) is 20.6. The van der Waals surface area contributed by atoms with Gasteiger partial charge in [0.05, 0.1) is 43.8 Å². The highest BCUT2D eigenvalue weighted by Crippen LogP contribution is 2.49. The molecule has 0 spiro atoms. The Morgan fingerprint density at radius 3 is 2.56 bits per heavy atom. The number of thioether (sulfide) groups is 1. The maximum atomic E-state index is 13.1. The normalized spacial score (nSPS) is 17.5. The summed E-state index contributed by atoms with van der Waals surface area (Å²) < 4.78 is 17.5. The van der Waals surface area contributed by atoms with Crippen LogP contribution in [0.2, 0.25) is 0 Å². The van der Waals surface area contributed by atoms with Gasteiger partial charge in [0, 0.05) is 21.5 Å². The zero-order chi connectivity index (χ0) is 22.8. The predicted molar refractivity (Wildman–Crippen MR) is 131 cm³/mol. The maximum absolute atomic E-state index is 13.1. The molecular formula is C24H23BrN2O4S. The number of benzene rings is 2. The molecule has 0 bridgehead atoms. The van der Waals surface area contributed by atoms with Gasteiger partial charge >= 0.3 is 5.97 Å². The van der Waals surface area contributed by atoms with E-state index in [4.69, 9.17) is 19.2 Å². The highest BCUT2D eigenvalue weighted by Gasteiger charge is 2.42. The van der Waals surface area contributed by atoms with Crippen LogP contribution in [0.3, 0.4) is 0 Å². The molecule has 32 heavy (non-hydrogen) atoms. The van der Waals surface area contributed by atoms with Gasteiger partial charge in [0.2, 0.25) is 0 Å². The second kappa shape index (κ2) is 9.42. The van der Waals surface area contributed by atoms with E-state index in [2.05, 4.69) is 26.2 Å². The number of halogens is 1. The summed E-state index contributed by atoms with van der Waals surface area (Å²) in [4.78, 5) is 19.9. The number of aliphatic imine (C=N–C) groups is 1. The van der Waals surface area contributed by atoms with Crippen LogP contribution in [0.25, 0.3) is 5.70 Å². The van der Waals surface area contributed by atoms with Crippen molar-refractivity contribution in [1.82, 2.24) is 4.90 Å². The lowest BCUT2D eigenvalue weighted by molar-refractivity contribution is -0.139. The van der Waals surface area contributed by atoms with E-state index >= 15 is 0 Å². The van der Waals surface area contributed by atoms with Crippen molar-refractivity contribution >= 4 is 44.5 Å². The summed E-state index contributed by atoms with van der Waals surface area (Å²) in [6, 6.07) is 13.2. The summed E-state index contributed by atoms with van der Waals surface area (Å²) in [5.41, 5.74) is 3.93. The van der Waals surface area contributed by atoms with Gasteiger partial charge in [-0.2, -0.15) is 0 Å². The van der Waals surface area contributed by atoms with Crippen molar-refractivity contribution in [2.24, 2.45) is 4.99 Å². The van der Waals surface area contributed by atoms with Gasteiger partial charge in [0.15, 0.2) is 5.17 Å². The highest BCUT2D eigenvalue weighted by molar-refractivity contribution is 9.10. The van der Waals surface area contributed by atoms with Crippen LogP contribution in [0.1, 0.15) is 31.0 Å². The first-order valence-corrected chi connectivity index (χ1v) is 11.8. The van der Waals surface area contributed by atoms with Crippen molar-refractivity contribution in [3.63, 3.8) is 0 Å². The Kier molecular flexibility index (Phi) is 6.62. The smallest absolute Gasteiger partial charge is 0.338 e. The van der Waals surface area contributed by atoms with Gasteiger partial charge in [-0.25, -0.2) is 9.79 Å². The molecule has 0 unspecified atom stereocenters. The number of hydrogen-bond acceptors (Lipinski definition) is 7. The van der Waals surface area contributed by atoms with Crippen LogP contribution in [0.15, 0.2) is 68.6 Å². The number of rotatable bonds is 6. The number of nitrogens with zero attached hydrogens (tertiary/aromatic N) is 2. The third kappa shape index (κ3) is 4.04. The number of carbonyl (C=O) groups is 1. The van der Waals surface area contributed by atoms with Crippen LogP contribution in [0.4, 0.5) is 0 Å². The monoisotopic (exact) mass is 514 g/mol. The molecule has 0 radical (unpaired) electrons. The Morgan fingerprint density at radius 2 is 1.91 bits per heavy atom. The number of allylic oxidation sites excluding steroid dienone is 1. The van der Waals surface area contributed by atoms with E-state index in [0.717, 1.165) is 26.5 Å². The highest BCUT2D eigenvalue weighted by atomic mass is 79.9. The van der Waals surface area contributed by atoms with E-state index in [1.54, 1.807) is 21.1 Å². The number of hydrogen-bond donors (Lipinski definition) is 0. The quantitative estimate of drug-likeness (QED) is 0.456. The third-order valence-corrected chi connectivity index (χ3v) is 6.67. The molecule has 2 aromatic rings. The molecule has 2 aliphatic heterocycles. The Morgan fingerprint density at radius 1 is 1.16 bits per heavy atom. The molecule has 4 rings (SSSR count). The number of carbonyl (C=O) groups excluding carboxylic acids is 1. The molecule has 0 aromatic heterocycles. The number of fused-ring (bicyclic) bond motifs is 1. The van der Waals surface area contributed by atoms with E-state index in [1.165, 1.54) is 11.8 Å². The van der Waals surface area contributed by atoms with Crippen LogP contribution in [-0.2, 0) is 9.53 Å². The summed E-state index contributed by atoms with van der Waals surface area (Å²) in [5.74, 6) is 0.910. The topological polar surface area (TPSA) is 60.4 Å². The van der Waals surface area contributed by atoms with Crippen molar-refractivity contribution in [2.45, 2.75) is 19.9 Å². The van der Waals surface area contributed by atoms with E-state index in [0.29, 0.717) is 22.8 Å². The van der Waals surface area contributed by atoms with Crippen molar-refractivity contribution < 1.29 is 19.0 Å². The van der Waals surface area contributed by atoms with Crippen molar-refractivity contribution in [2.75, 3.05) is 20.8 Å². The van der Waals surface area contributed by atoms with Gasteiger partial charge in [0.25, 0.3) is 0 Å². The summed E-state index contributed by atoms with van der Waals surface area (Å²) in [6.07, 6.45) is 0. The van der Waals surface area contributed by atoms with Gasteiger partial charge in [-0.3, -0.25) is 0 Å². The lowest BCUT2D eigenvalue weighted by Gasteiger charge is -2.37. The van der Waals surface area contributed by atoms with Crippen LogP contribution in [0, 0.1) is 0 Å². The standard InChI is InChI=1S/C24H23BrN2O4S/c1-5-31-23(28)21-14(2)26-24-27(19(13-32-24)15-6-8-16(25)9-7-15)22(21)18-11-10-17(29-3)12-20(18)30-4/h6-13,22H,5H2,1-4H3/t22-/m1/s1. The first-order chi connectivity index (χ1) is 15.5. The molecule has 6 nitrogen and oxygen atoms in total. The molecule has 0 aliphatic carbocycles. The molecule has 166 valence electrons. The van der Waals surface area contributed by atoms with Crippen LogP contribution < -0.4 is 9.47 Å². The fourth-order valence-electron chi connectivity index (χ4n) is 3.82. The molecule has 0 fully saturated rings. The van der Waals surface area contributed by atoms with Crippen molar-refractivity contribution in [3.8, 4) is 11.5 Å². The summed E-state index contributed by atoms with van der Waals surface area (Å²) in [5, 5.41) is 2.86. The lowest BCUT2D eigenvalue weighted by atomic mass is 9.92. The fraction of sp³-hybridized carbons (Fsp3) is 0.250. The predicted octanol–water partition coefficient (Wildman–Crippen LogP) is 5.76. The molecule has 0 saturated heterocycles. The minimum absolute atomic E-state index is 0.281. The van der Waals surface area contributed by atoms with Crippen molar-refractivity contribution in [1.29, 1.82) is 0 Å². The zero-order valence-electron chi connectivity index (χ0n) is 18.2. The second-order valence-corrected chi connectivity index (χ2v) is 8.87. The first-order valence-electron chi connectivity index (χ1n) is 10.1. The van der Waals surface area contributed by atoms with Gasteiger partial charge in [0.1, 0.15) is 11.5 Å². The minimum atomic E-state index is -0.465. The SMILES string of the molecule is CCOC(=O)C1=C(C)N=C2SC=C(c3ccc(Br)cc3)N2[C@@H]1c1ccc(OC)cc1OC. The molecule has 0 saturated carbocycles. The molecule has 2 heterocycles. The summed E-state index contributed by atoms with van der Waals surface area (Å²) in [6.45, 7) is 3.92. The average molecular weight is 515 g/mol.